The molecule has 7 heteroatoms. The fraction of sp³-hybridized carbons (Fsp3) is 0.547. The van der Waals surface area contributed by atoms with Gasteiger partial charge in [-0.15, -0.1) is 0 Å². The maximum absolute atomic E-state index is 12.2. The molecule has 0 atom stereocenters. The van der Waals surface area contributed by atoms with E-state index in [1.165, 1.54) is 79.2 Å². The van der Waals surface area contributed by atoms with Crippen LogP contribution in [-0.4, -0.2) is 61.8 Å². The number of aliphatic hydroxyl groups excluding tert-OH is 2. The van der Waals surface area contributed by atoms with Crippen LogP contribution in [0.2, 0.25) is 0 Å². The van der Waals surface area contributed by atoms with Crippen LogP contribution in [0.25, 0.3) is 22.3 Å². The van der Waals surface area contributed by atoms with Crippen LogP contribution < -0.4 is 0 Å². The molecule has 1 fully saturated rings. The summed E-state index contributed by atoms with van der Waals surface area (Å²) in [6, 6.07) is 18.5. The summed E-state index contributed by atoms with van der Waals surface area (Å²) in [5, 5.41) is 20.0. The molecule has 0 radical (unpaired) electrons. The van der Waals surface area contributed by atoms with Crippen molar-refractivity contribution in [2.75, 3.05) is 39.6 Å². The first-order valence-corrected chi connectivity index (χ1v) is 22.7. The number of carbonyl (C=O) groups excluding carboxylic acids is 2. The zero-order chi connectivity index (χ0) is 43.7. The maximum atomic E-state index is 12.2. The van der Waals surface area contributed by atoms with Crippen LogP contribution in [0.1, 0.15) is 138 Å². The lowest BCUT2D eigenvalue weighted by atomic mass is 9.77. The van der Waals surface area contributed by atoms with Crippen molar-refractivity contribution in [3.8, 4) is 22.3 Å². The lowest BCUT2D eigenvalue weighted by Gasteiger charge is -2.29. The van der Waals surface area contributed by atoms with Gasteiger partial charge in [0.25, 0.3) is 0 Å². The fourth-order valence-corrected chi connectivity index (χ4v) is 8.74. The van der Waals surface area contributed by atoms with Gasteiger partial charge < -0.3 is 24.4 Å². The smallest absolute Gasteiger partial charge is 0.333 e. The Labute approximate surface area is 361 Å². The second-order valence-corrected chi connectivity index (χ2v) is 17.6. The third-order valence-corrected chi connectivity index (χ3v) is 12.7. The molecular formula is C53H74O7. The second kappa shape index (κ2) is 24.4. The van der Waals surface area contributed by atoms with E-state index < -0.39 is 17.4 Å². The first kappa shape index (κ1) is 48.6. The minimum atomic E-state index is -0.688. The third-order valence-electron chi connectivity index (χ3n) is 12.7. The maximum Gasteiger partial charge on any atom is 0.333 e. The summed E-state index contributed by atoms with van der Waals surface area (Å²) in [6.45, 7) is 20.3. The molecule has 1 aliphatic rings. The van der Waals surface area contributed by atoms with Crippen molar-refractivity contribution in [2.45, 2.75) is 137 Å². The summed E-state index contributed by atoms with van der Waals surface area (Å²) in [7, 11) is 0. The summed E-state index contributed by atoms with van der Waals surface area (Å²) < 4.78 is 17.1. The standard InChI is InChI=1S/C53H74O7/c1-9-11-12-15-41-18-20-42(21-19-41)43-22-24-44(25-23-43)50-39(7)30-47(31-40(50)8)48-32-45(16-13-27-59-51(56)37(3)4)49(26-29-58-36-53(10-2,34-54)35-55)46(33-48)17-14-28-60-52(57)38(5)6/h22-25,30-33,41-42,54-55H,3,5,9-21,26-29,34-36H2,1-2,4,6-8H3. The number of rotatable bonds is 25. The Kier molecular flexibility index (Phi) is 19.8. The first-order valence-electron chi connectivity index (χ1n) is 22.7. The normalized spacial score (nSPS) is 15.5. The molecule has 7 nitrogen and oxygen atoms in total. The molecule has 328 valence electrons. The minimum absolute atomic E-state index is 0.153. The van der Waals surface area contributed by atoms with Crippen molar-refractivity contribution in [1.29, 1.82) is 0 Å². The van der Waals surface area contributed by atoms with Gasteiger partial charge in [-0.2, -0.15) is 0 Å². The number of hydrogen-bond acceptors (Lipinski definition) is 7. The van der Waals surface area contributed by atoms with Gasteiger partial charge in [0.2, 0.25) is 0 Å². The van der Waals surface area contributed by atoms with Crippen molar-refractivity contribution < 1.29 is 34.0 Å². The topological polar surface area (TPSA) is 102 Å². The van der Waals surface area contributed by atoms with Gasteiger partial charge in [0.05, 0.1) is 39.6 Å². The van der Waals surface area contributed by atoms with Crippen molar-refractivity contribution >= 4 is 11.9 Å². The second-order valence-electron chi connectivity index (χ2n) is 17.6. The van der Waals surface area contributed by atoms with Gasteiger partial charge in [0.1, 0.15) is 0 Å². The lowest BCUT2D eigenvalue weighted by Crippen LogP contribution is -2.34. The van der Waals surface area contributed by atoms with Gasteiger partial charge in [-0.05, 0) is 159 Å². The van der Waals surface area contributed by atoms with E-state index in [-0.39, 0.29) is 33.0 Å². The van der Waals surface area contributed by atoms with Crippen LogP contribution in [-0.2, 0) is 43.1 Å². The quantitative estimate of drug-likeness (QED) is 0.0498. The predicted molar refractivity (Wildman–Crippen MR) is 245 cm³/mol. The number of hydrogen-bond donors (Lipinski definition) is 2. The summed E-state index contributed by atoms with van der Waals surface area (Å²) in [4.78, 5) is 24.4. The van der Waals surface area contributed by atoms with E-state index >= 15 is 0 Å². The van der Waals surface area contributed by atoms with Gasteiger partial charge in [0.15, 0.2) is 0 Å². The largest absolute Gasteiger partial charge is 0.462 e. The van der Waals surface area contributed by atoms with E-state index in [9.17, 15) is 19.8 Å². The SMILES string of the molecule is C=C(C)C(=O)OCCCc1cc(-c2cc(C)c(-c3ccc(C4CCC(CCCCC)CC4)cc3)c(C)c2)cc(CCCOC(=O)C(=C)C)c1CCOCC(CC)(CO)CO. The monoisotopic (exact) mass is 823 g/mol. The molecule has 3 aromatic carbocycles. The lowest BCUT2D eigenvalue weighted by molar-refractivity contribution is -0.139. The van der Waals surface area contributed by atoms with Crippen LogP contribution in [0.4, 0.5) is 0 Å². The Balaban J connectivity index is 1.63. The summed E-state index contributed by atoms with van der Waals surface area (Å²) in [5.74, 6) is 0.777. The molecule has 1 aliphatic carbocycles. The molecule has 4 rings (SSSR count). The van der Waals surface area contributed by atoms with E-state index in [4.69, 9.17) is 14.2 Å². The van der Waals surface area contributed by atoms with E-state index in [1.807, 2.05) is 6.92 Å². The summed E-state index contributed by atoms with van der Waals surface area (Å²) in [6.07, 6.45) is 14.6. The van der Waals surface area contributed by atoms with Crippen LogP contribution >= 0.6 is 0 Å². The molecule has 0 aliphatic heterocycles. The van der Waals surface area contributed by atoms with Gasteiger partial charge >= 0.3 is 11.9 Å². The Morgan fingerprint density at radius 3 is 1.72 bits per heavy atom. The van der Waals surface area contributed by atoms with Gasteiger partial charge in [-0.1, -0.05) is 101 Å². The number of aryl methyl sites for hydroxylation is 4. The molecule has 3 aromatic rings. The third kappa shape index (κ3) is 14.0. The molecule has 1 saturated carbocycles. The Hall–Kier alpha value is -4.04. The molecule has 0 spiro atoms. The number of carbonyl (C=O) groups is 2. The zero-order valence-corrected chi connectivity index (χ0v) is 37.8. The highest BCUT2D eigenvalue weighted by atomic mass is 16.5. The Morgan fingerprint density at radius 1 is 0.700 bits per heavy atom. The highest BCUT2D eigenvalue weighted by Crippen LogP contribution is 2.40. The highest BCUT2D eigenvalue weighted by molar-refractivity contribution is 5.87. The number of esters is 2. The molecule has 0 unspecified atom stereocenters. The molecule has 0 aromatic heterocycles. The molecule has 2 N–H and O–H groups in total. The Morgan fingerprint density at radius 2 is 1.23 bits per heavy atom. The van der Waals surface area contributed by atoms with E-state index in [2.05, 4.69) is 82.5 Å². The van der Waals surface area contributed by atoms with Crippen molar-refractivity contribution in [3.05, 3.63) is 106 Å². The highest BCUT2D eigenvalue weighted by Gasteiger charge is 2.27. The summed E-state index contributed by atoms with van der Waals surface area (Å²) >= 11 is 0. The summed E-state index contributed by atoms with van der Waals surface area (Å²) in [5.41, 5.74) is 12.2. The van der Waals surface area contributed by atoms with Crippen LogP contribution in [0.15, 0.2) is 72.8 Å². The van der Waals surface area contributed by atoms with Crippen LogP contribution in [0.3, 0.4) is 0 Å². The number of ether oxygens (including phenoxy) is 3. The van der Waals surface area contributed by atoms with Gasteiger partial charge in [-0.25, -0.2) is 9.59 Å². The van der Waals surface area contributed by atoms with Gasteiger partial charge in [-0.3, -0.25) is 0 Å². The van der Waals surface area contributed by atoms with E-state index in [0.29, 0.717) is 62.2 Å². The molecule has 0 heterocycles. The molecule has 0 bridgehead atoms. The van der Waals surface area contributed by atoms with Crippen molar-refractivity contribution in [1.82, 2.24) is 0 Å². The minimum Gasteiger partial charge on any atom is -0.462 e. The van der Waals surface area contributed by atoms with Gasteiger partial charge in [0, 0.05) is 16.6 Å². The molecule has 0 saturated heterocycles. The number of benzene rings is 3. The zero-order valence-electron chi connectivity index (χ0n) is 37.8. The molecule has 0 amide bonds. The number of unbranched alkanes of at least 4 members (excludes halogenated alkanes) is 2. The van der Waals surface area contributed by atoms with Crippen LogP contribution in [0, 0.1) is 25.2 Å². The average molecular weight is 823 g/mol. The Bertz CT molecular complexity index is 1770. The van der Waals surface area contributed by atoms with Crippen molar-refractivity contribution in [2.24, 2.45) is 11.3 Å². The molecular weight excluding hydrogens is 749 g/mol. The predicted octanol–water partition coefficient (Wildman–Crippen LogP) is 11.5. The van der Waals surface area contributed by atoms with Crippen LogP contribution in [0.5, 0.6) is 0 Å². The fourth-order valence-electron chi connectivity index (χ4n) is 8.74. The number of aliphatic hydroxyl groups is 2. The average Bonchev–Trinajstić information content (AvgIpc) is 3.24. The first-order chi connectivity index (χ1) is 28.8. The van der Waals surface area contributed by atoms with E-state index in [1.54, 1.807) is 13.8 Å². The van der Waals surface area contributed by atoms with E-state index in [0.717, 1.165) is 33.7 Å². The molecule has 60 heavy (non-hydrogen) atoms. The van der Waals surface area contributed by atoms with Crippen molar-refractivity contribution in [3.63, 3.8) is 0 Å².